The van der Waals surface area contributed by atoms with Crippen molar-refractivity contribution in [1.82, 2.24) is 4.98 Å². The largest absolute Gasteiger partial charge is 0.484 e. The summed E-state index contributed by atoms with van der Waals surface area (Å²) in [6.07, 6.45) is 0.922. The van der Waals surface area contributed by atoms with Gasteiger partial charge in [0.15, 0.2) is 12.2 Å². The molecule has 0 unspecified atom stereocenters. The molecule has 1 aromatic heterocycles. The molecule has 1 amide bonds. The highest BCUT2D eigenvalue weighted by atomic mass is 35.5. The number of hydrogen-bond acceptors (Lipinski definition) is 4. The van der Waals surface area contributed by atoms with Crippen molar-refractivity contribution in [2.45, 2.75) is 20.3 Å². The first-order valence-corrected chi connectivity index (χ1v) is 10.1. The molecule has 4 aromatic rings. The van der Waals surface area contributed by atoms with E-state index < -0.39 is 0 Å². The van der Waals surface area contributed by atoms with E-state index in [4.69, 9.17) is 20.8 Å². The minimum absolute atomic E-state index is 0.0935. The van der Waals surface area contributed by atoms with Gasteiger partial charge in [0.25, 0.3) is 5.91 Å². The molecule has 1 N–H and O–H groups in total. The fourth-order valence-electron chi connectivity index (χ4n) is 3.06. The van der Waals surface area contributed by atoms with Crippen LogP contribution in [-0.2, 0) is 11.2 Å². The van der Waals surface area contributed by atoms with E-state index in [9.17, 15) is 4.79 Å². The highest BCUT2D eigenvalue weighted by Crippen LogP contribution is 2.32. The van der Waals surface area contributed by atoms with Gasteiger partial charge in [0.05, 0.1) is 10.6 Å². The lowest BCUT2D eigenvalue weighted by Crippen LogP contribution is -2.20. The molecule has 4 rings (SSSR count). The minimum Gasteiger partial charge on any atom is -0.484 e. The van der Waals surface area contributed by atoms with Crippen molar-refractivity contribution in [3.63, 3.8) is 0 Å². The molecule has 0 atom stereocenters. The quantitative estimate of drug-likeness (QED) is 0.413. The minimum atomic E-state index is -0.269. The summed E-state index contributed by atoms with van der Waals surface area (Å²) < 4.78 is 11.4. The second kappa shape index (κ2) is 8.59. The van der Waals surface area contributed by atoms with Gasteiger partial charge in [0, 0.05) is 5.69 Å². The number of hydrogen-bond donors (Lipinski definition) is 1. The van der Waals surface area contributed by atoms with E-state index in [-0.39, 0.29) is 12.5 Å². The highest BCUT2D eigenvalue weighted by molar-refractivity contribution is 6.33. The fourth-order valence-corrected chi connectivity index (χ4v) is 3.25. The summed E-state index contributed by atoms with van der Waals surface area (Å²) in [5, 5.41) is 3.31. The SMILES string of the molecule is CCc1ccc2oc(-c3cc(NC(=O)COc4ccc(C)cc4)ccc3Cl)nc2c1. The zero-order valence-electron chi connectivity index (χ0n) is 16.7. The van der Waals surface area contributed by atoms with E-state index in [2.05, 4.69) is 17.2 Å². The standard InChI is InChI=1S/C24H21ClN2O3/c1-3-16-6-11-22-21(12-16)27-24(30-22)19-13-17(7-10-20(19)25)26-23(28)14-29-18-8-4-15(2)5-9-18/h4-13H,3,14H2,1-2H3,(H,26,28). The van der Waals surface area contributed by atoms with Gasteiger partial charge < -0.3 is 14.5 Å². The van der Waals surface area contributed by atoms with Crippen molar-refractivity contribution < 1.29 is 13.9 Å². The topological polar surface area (TPSA) is 64.4 Å². The highest BCUT2D eigenvalue weighted by Gasteiger charge is 2.14. The number of carbonyl (C=O) groups excluding carboxylic acids is 1. The zero-order chi connectivity index (χ0) is 21.1. The predicted molar refractivity (Wildman–Crippen MR) is 119 cm³/mol. The molecule has 30 heavy (non-hydrogen) atoms. The van der Waals surface area contributed by atoms with Crippen molar-refractivity contribution in [3.8, 4) is 17.2 Å². The maximum Gasteiger partial charge on any atom is 0.262 e. The molecule has 0 saturated carbocycles. The molecule has 0 bridgehead atoms. The van der Waals surface area contributed by atoms with Crippen LogP contribution in [0, 0.1) is 6.92 Å². The number of nitrogens with zero attached hydrogens (tertiary/aromatic N) is 1. The molecule has 0 aliphatic heterocycles. The van der Waals surface area contributed by atoms with E-state index in [1.165, 1.54) is 5.56 Å². The molecular formula is C24H21ClN2O3. The number of aryl methyl sites for hydroxylation is 2. The van der Waals surface area contributed by atoms with E-state index in [1.54, 1.807) is 18.2 Å². The first kappa shape index (κ1) is 20.0. The van der Waals surface area contributed by atoms with Crippen LogP contribution in [0.25, 0.3) is 22.6 Å². The van der Waals surface area contributed by atoms with Gasteiger partial charge >= 0.3 is 0 Å². The van der Waals surface area contributed by atoms with E-state index in [0.29, 0.717) is 33.5 Å². The molecule has 1 heterocycles. The number of carbonyl (C=O) groups is 1. The molecule has 0 saturated heterocycles. The second-order valence-corrected chi connectivity index (χ2v) is 7.43. The van der Waals surface area contributed by atoms with Crippen molar-refractivity contribution in [1.29, 1.82) is 0 Å². The molecule has 0 radical (unpaired) electrons. The lowest BCUT2D eigenvalue weighted by atomic mass is 10.1. The van der Waals surface area contributed by atoms with Crippen molar-refractivity contribution in [2.24, 2.45) is 0 Å². The number of nitrogens with one attached hydrogen (secondary N) is 1. The normalized spacial score (nSPS) is 10.9. The molecule has 0 aliphatic rings. The Morgan fingerprint density at radius 2 is 1.90 bits per heavy atom. The zero-order valence-corrected chi connectivity index (χ0v) is 17.5. The molecule has 152 valence electrons. The average molecular weight is 421 g/mol. The summed E-state index contributed by atoms with van der Waals surface area (Å²) >= 11 is 6.37. The van der Waals surface area contributed by atoms with Gasteiger partial charge in [-0.3, -0.25) is 4.79 Å². The van der Waals surface area contributed by atoms with Crippen molar-refractivity contribution in [2.75, 3.05) is 11.9 Å². The second-order valence-electron chi connectivity index (χ2n) is 7.02. The van der Waals surface area contributed by atoms with Crippen molar-refractivity contribution in [3.05, 3.63) is 76.8 Å². The van der Waals surface area contributed by atoms with Gasteiger partial charge in [0.2, 0.25) is 5.89 Å². The van der Waals surface area contributed by atoms with Crippen LogP contribution in [0.1, 0.15) is 18.1 Å². The van der Waals surface area contributed by atoms with Crippen LogP contribution in [-0.4, -0.2) is 17.5 Å². The van der Waals surface area contributed by atoms with Crippen LogP contribution in [0.2, 0.25) is 5.02 Å². The van der Waals surface area contributed by atoms with Crippen LogP contribution >= 0.6 is 11.6 Å². The number of oxazole rings is 1. The lowest BCUT2D eigenvalue weighted by Gasteiger charge is -2.09. The molecule has 6 heteroatoms. The molecule has 0 spiro atoms. The number of fused-ring (bicyclic) bond motifs is 1. The predicted octanol–water partition coefficient (Wildman–Crippen LogP) is 6.04. The number of anilines is 1. The van der Waals surface area contributed by atoms with Crippen LogP contribution < -0.4 is 10.1 Å². The first-order valence-electron chi connectivity index (χ1n) is 9.70. The van der Waals surface area contributed by atoms with Crippen LogP contribution in [0.3, 0.4) is 0 Å². The number of benzene rings is 3. The summed E-state index contributed by atoms with van der Waals surface area (Å²) in [5.74, 6) is 0.787. The van der Waals surface area contributed by atoms with Crippen LogP contribution in [0.5, 0.6) is 5.75 Å². The third kappa shape index (κ3) is 4.47. The van der Waals surface area contributed by atoms with Crippen LogP contribution in [0.15, 0.2) is 65.1 Å². The first-order chi connectivity index (χ1) is 14.5. The Bertz CT molecular complexity index is 1200. The Labute approximate surface area is 179 Å². The average Bonchev–Trinajstić information content (AvgIpc) is 3.17. The number of halogens is 1. The van der Waals surface area contributed by atoms with Gasteiger partial charge in [-0.2, -0.15) is 0 Å². The summed E-state index contributed by atoms with van der Waals surface area (Å²) in [4.78, 5) is 16.9. The Morgan fingerprint density at radius 3 is 2.67 bits per heavy atom. The number of aromatic nitrogens is 1. The van der Waals surface area contributed by atoms with Gasteiger partial charge in [-0.25, -0.2) is 4.98 Å². The fraction of sp³-hybridized carbons (Fsp3) is 0.167. The third-order valence-electron chi connectivity index (χ3n) is 4.73. The van der Waals surface area contributed by atoms with Crippen molar-refractivity contribution >= 4 is 34.3 Å². The van der Waals surface area contributed by atoms with Gasteiger partial charge in [-0.1, -0.05) is 42.3 Å². The molecule has 5 nitrogen and oxygen atoms in total. The number of amides is 1. The van der Waals surface area contributed by atoms with Crippen LogP contribution in [0.4, 0.5) is 5.69 Å². The molecule has 0 fully saturated rings. The lowest BCUT2D eigenvalue weighted by molar-refractivity contribution is -0.118. The number of rotatable bonds is 6. The maximum absolute atomic E-state index is 12.3. The van der Waals surface area contributed by atoms with Gasteiger partial charge in [-0.15, -0.1) is 0 Å². The Hall–Kier alpha value is -3.31. The molecule has 0 aliphatic carbocycles. The maximum atomic E-state index is 12.3. The number of ether oxygens (including phenoxy) is 1. The van der Waals surface area contributed by atoms with E-state index >= 15 is 0 Å². The summed E-state index contributed by atoms with van der Waals surface area (Å²) in [6, 6.07) is 18.6. The van der Waals surface area contributed by atoms with E-state index in [1.807, 2.05) is 49.4 Å². The van der Waals surface area contributed by atoms with Gasteiger partial charge in [-0.05, 0) is 61.4 Å². The Kier molecular flexibility index (Phi) is 5.72. The molecule has 3 aromatic carbocycles. The third-order valence-corrected chi connectivity index (χ3v) is 5.06. The summed E-state index contributed by atoms with van der Waals surface area (Å²) in [6.45, 7) is 3.99. The van der Waals surface area contributed by atoms with Gasteiger partial charge in [0.1, 0.15) is 11.3 Å². The monoisotopic (exact) mass is 420 g/mol. The Morgan fingerprint density at radius 1 is 1.10 bits per heavy atom. The summed E-state index contributed by atoms with van der Waals surface area (Å²) in [5.41, 5.74) is 4.99. The van der Waals surface area contributed by atoms with E-state index in [0.717, 1.165) is 17.5 Å². The summed E-state index contributed by atoms with van der Waals surface area (Å²) in [7, 11) is 0. The molecular weight excluding hydrogens is 400 g/mol. The Balaban J connectivity index is 1.50. The smallest absolute Gasteiger partial charge is 0.262 e.